The third-order valence-corrected chi connectivity index (χ3v) is 4.30. The Morgan fingerprint density at radius 3 is 2.54 bits per heavy atom. The van der Waals surface area contributed by atoms with Gasteiger partial charge in [-0.15, -0.1) is 11.3 Å². The molecule has 24 heavy (non-hydrogen) atoms. The normalized spacial score (nSPS) is 10.6. The maximum absolute atomic E-state index is 12.3. The number of hydrogen-bond acceptors (Lipinski definition) is 6. The molecule has 1 aromatic carbocycles. The summed E-state index contributed by atoms with van der Waals surface area (Å²) in [7, 11) is 0. The molecule has 0 aliphatic rings. The van der Waals surface area contributed by atoms with Crippen molar-refractivity contribution in [1.82, 2.24) is 20.3 Å². The van der Waals surface area contributed by atoms with Crippen LogP contribution < -0.4 is 5.32 Å². The molecule has 0 saturated heterocycles. The number of aromatic hydroxyl groups is 1. The lowest BCUT2D eigenvalue weighted by molar-refractivity contribution is 0.0950. The first kappa shape index (κ1) is 16.1. The third kappa shape index (κ3) is 3.75. The Morgan fingerprint density at radius 2 is 1.88 bits per heavy atom. The van der Waals surface area contributed by atoms with Crippen LogP contribution in [0.3, 0.4) is 0 Å². The highest BCUT2D eigenvalue weighted by Crippen LogP contribution is 2.28. The fourth-order valence-electron chi connectivity index (χ4n) is 2.15. The van der Waals surface area contributed by atoms with Crippen LogP contribution in [0.25, 0.3) is 10.6 Å². The second kappa shape index (κ2) is 6.76. The maximum Gasteiger partial charge on any atom is 0.251 e. The fourth-order valence-corrected chi connectivity index (χ4v) is 2.90. The smallest absolute Gasteiger partial charge is 0.251 e. The number of phenols is 1. The molecule has 0 atom stereocenters. The molecule has 2 N–H and O–H groups in total. The summed E-state index contributed by atoms with van der Waals surface area (Å²) in [6.07, 6.45) is 5.12. The molecule has 0 aliphatic heterocycles. The molecule has 122 valence electrons. The average molecular weight is 340 g/mol. The van der Waals surface area contributed by atoms with E-state index < -0.39 is 0 Å². The molecular formula is C17H16N4O2S. The molecule has 0 spiro atoms. The molecule has 2 heterocycles. The summed E-state index contributed by atoms with van der Waals surface area (Å²) in [5, 5.41) is 13.5. The van der Waals surface area contributed by atoms with Gasteiger partial charge in [0, 0.05) is 46.7 Å². The summed E-state index contributed by atoms with van der Waals surface area (Å²) < 4.78 is 0. The largest absolute Gasteiger partial charge is 0.508 e. The molecule has 3 aromatic rings. The standard InChI is InChI=1S/C17H16N4O2S/c1-10-6-21-17(24-10)14-3-13(4-15(22)5-14)16(23)20-9-12-7-18-11(2)19-8-12/h3-8,22H,9H2,1-2H3,(H,20,23). The quantitative estimate of drug-likeness (QED) is 0.762. The second-order valence-corrected chi connectivity index (χ2v) is 6.60. The first-order chi connectivity index (χ1) is 11.5. The number of nitrogens with one attached hydrogen (secondary N) is 1. The van der Waals surface area contributed by atoms with E-state index >= 15 is 0 Å². The van der Waals surface area contributed by atoms with Crippen LogP contribution >= 0.6 is 11.3 Å². The molecule has 0 saturated carbocycles. The van der Waals surface area contributed by atoms with Crippen LogP contribution in [0.5, 0.6) is 5.75 Å². The summed E-state index contributed by atoms with van der Waals surface area (Å²) in [5.41, 5.74) is 1.91. The van der Waals surface area contributed by atoms with Crippen LogP contribution in [0.15, 0.2) is 36.8 Å². The van der Waals surface area contributed by atoms with Gasteiger partial charge >= 0.3 is 0 Å². The highest BCUT2D eigenvalue weighted by molar-refractivity contribution is 7.14. The van der Waals surface area contributed by atoms with Crippen molar-refractivity contribution in [2.24, 2.45) is 0 Å². The number of aromatic nitrogens is 3. The molecule has 0 aliphatic carbocycles. The molecule has 3 rings (SSSR count). The van der Waals surface area contributed by atoms with Gasteiger partial charge in [-0.1, -0.05) is 0 Å². The van der Waals surface area contributed by atoms with Gasteiger partial charge in [0.25, 0.3) is 5.91 Å². The fraction of sp³-hybridized carbons (Fsp3) is 0.176. The van der Waals surface area contributed by atoms with E-state index in [0.717, 1.165) is 21.0 Å². The van der Waals surface area contributed by atoms with Crippen LogP contribution in [0.1, 0.15) is 26.6 Å². The first-order valence-electron chi connectivity index (χ1n) is 7.34. The van der Waals surface area contributed by atoms with Gasteiger partial charge in [0.1, 0.15) is 16.6 Å². The monoisotopic (exact) mass is 340 g/mol. The molecule has 0 radical (unpaired) electrons. The molecular weight excluding hydrogens is 324 g/mol. The van der Waals surface area contributed by atoms with Crippen LogP contribution in [0.4, 0.5) is 0 Å². The third-order valence-electron chi connectivity index (χ3n) is 3.34. The first-order valence-corrected chi connectivity index (χ1v) is 8.15. The number of hydrogen-bond donors (Lipinski definition) is 2. The SMILES string of the molecule is Cc1ncc(CNC(=O)c2cc(O)cc(-c3ncc(C)s3)c2)cn1. The number of carbonyl (C=O) groups is 1. The van der Waals surface area contributed by atoms with Crippen LogP contribution in [0.2, 0.25) is 0 Å². The van der Waals surface area contributed by atoms with Crippen molar-refractivity contribution in [2.75, 3.05) is 0 Å². The number of amides is 1. The Bertz CT molecular complexity index is 875. The van der Waals surface area contributed by atoms with Gasteiger partial charge in [0.15, 0.2) is 0 Å². The lowest BCUT2D eigenvalue weighted by Crippen LogP contribution is -2.23. The van der Waals surface area contributed by atoms with E-state index in [0.29, 0.717) is 17.9 Å². The van der Waals surface area contributed by atoms with E-state index in [2.05, 4.69) is 20.3 Å². The Labute approximate surface area is 143 Å². The number of rotatable bonds is 4. The highest BCUT2D eigenvalue weighted by atomic mass is 32.1. The van der Waals surface area contributed by atoms with E-state index in [1.165, 1.54) is 17.4 Å². The summed E-state index contributed by atoms with van der Waals surface area (Å²) in [5.74, 6) is 0.437. The van der Waals surface area contributed by atoms with Crippen molar-refractivity contribution in [3.63, 3.8) is 0 Å². The maximum atomic E-state index is 12.3. The van der Waals surface area contributed by atoms with Gasteiger partial charge in [0.2, 0.25) is 0 Å². The van der Waals surface area contributed by atoms with Crippen molar-refractivity contribution in [2.45, 2.75) is 20.4 Å². The summed E-state index contributed by atoms with van der Waals surface area (Å²) in [6, 6.07) is 4.76. The summed E-state index contributed by atoms with van der Waals surface area (Å²) >= 11 is 1.51. The molecule has 7 heteroatoms. The zero-order valence-electron chi connectivity index (χ0n) is 13.3. The van der Waals surface area contributed by atoms with E-state index in [1.807, 2.05) is 6.92 Å². The number of thiazole rings is 1. The Morgan fingerprint density at radius 1 is 1.12 bits per heavy atom. The Kier molecular flexibility index (Phi) is 4.52. The predicted molar refractivity (Wildman–Crippen MR) is 91.9 cm³/mol. The number of benzene rings is 1. The van der Waals surface area contributed by atoms with E-state index in [9.17, 15) is 9.90 Å². The predicted octanol–water partition coefficient (Wildman–Crippen LogP) is 2.85. The van der Waals surface area contributed by atoms with E-state index in [4.69, 9.17) is 0 Å². The molecule has 0 unspecified atom stereocenters. The van der Waals surface area contributed by atoms with E-state index in [1.54, 1.807) is 37.6 Å². The van der Waals surface area contributed by atoms with Gasteiger partial charge in [-0.25, -0.2) is 15.0 Å². The molecule has 0 bridgehead atoms. The Hall–Kier alpha value is -2.80. The summed E-state index contributed by atoms with van der Waals surface area (Å²) in [4.78, 5) is 25.9. The summed E-state index contributed by atoms with van der Waals surface area (Å²) in [6.45, 7) is 4.08. The van der Waals surface area contributed by atoms with Gasteiger partial charge in [-0.05, 0) is 32.0 Å². The number of nitrogens with zero attached hydrogens (tertiary/aromatic N) is 3. The number of phenolic OH excluding ortho intramolecular Hbond substituents is 1. The van der Waals surface area contributed by atoms with Crippen molar-refractivity contribution in [3.8, 4) is 16.3 Å². The molecule has 1 amide bonds. The minimum Gasteiger partial charge on any atom is -0.508 e. The molecule has 0 fully saturated rings. The average Bonchev–Trinajstić information content (AvgIpc) is 3.00. The van der Waals surface area contributed by atoms with Crippen LogP contribution in [-0.2, 0) is 6.54 Å². The van der Waals surface area contributed by atoms with Crippen molar-refractivity contribution >= 4 is 17.2 Å². The van der Waals surface area contributed by atoms with Gasteiger partial charge in [0.05, 0.1) is 0 Å². The van der Waals surface area contributed by atoms with Crippen LogP contribution in [0, 0.1) is 13.8 Å². The van der Waals surface area contributed by atoms with Crippen molar-refractivity contribution in [3.05, 3.63) is 58.6 Å². The van der Waals surface area contributed by atoms with Crippen molar-refractivity contribution in [1.29, 1.82) is 0 Å². The second-order valence-electron chi connectivity index (χ2n) is 5.37. The zero-order valence-corrected chi connectivity index (χ0v) is 14.1. The minimum atomic E-state index is -0.277. The van der Waals surface area contributed by atoms with Gasteiger partial charge in [-0.3, -0.25) is 4.79 Å². The van der Waals surface area contributed by atoms with Crippen LogP contribution in [-0.4, -0.2) is 26.0 Å². The van der Waals surface area contributed by atoms with Gasteiger partial charge < -0.3 is 10.4 Å². The molecule has 6 nitrogen and oxygen atoms in total. The molecule has 2 aromatic heterocycles. The van der Waals surface area contributed by atoms with E-state index in [-0.39, 0.29) is 11.7 Å². The minimum absolute atomic E-state index is 0.0316. The lowest BCUT2D eigenvalue weighted by atomic mass is 10.1. The van der Waals surface area contributed by atoms with Crippen molar-refractivity contribution < 1.29 is 9.90 Å². The number of carbonyl (C=O) groups excluding carboxylic acids is 1. The zero-order chi connectivity index (χ0) is 17.1. The van der Waals surface area contributed by atoms with Gasteiger partial charge in [-0.2, -0.15) is 0 Å². The lowest BCUT2D eigenvalue weighted by Gasteiger charge is -2.07. The Balaban J connectivity index is 1.77. The topological polar surface area (TPSA) is 88.0 Å². The highest BCUT2D eigenvalue weighted by Gasteiger charge is 2.11. The number of aryl methyl sites for hydroxylation is 2.